The smallest absolute Gasteiger partial charge is 0.360 e. The van der Waals surface area contributed by atoms with Gasteiger partial charge in [0.15, 0.2) is 5.69 Å². The number of hydrogen-bond donors (Lipinski definition) is 2. The molecule has 0 spiro atoms. The Morgan fingerprint density at radius 1 is 1.64 bits per heavy atom. The van der Waals surface area contributed by atoms with E-state index in [0.29, 0.717) is 5.69 Å². The molecule has 0 fully saturated rings. The first kappa shape index (κ1) is 10.6. The fraction of sp³-hybridized carbons (Fsp3) is 0.625. The fourth-order valence-corrected chi connectivity index (χ4v) is 1.19. The van der Waals surface area contributed by atoms with Gasteiger partial charge in [-0.3, -0.25) is 0 Å². The number of aromatic nitrogens is 3. The van der Waals surface area contributed by atoms with Gasteiger partial charge in [0.2, 0.25) is 0 Å². The minimum absolute atomic E-state index is 0.174. The third kappa shape index (κ3) is 2.08. The zero-order valence-corrected chi connectivity index (χ0v) is 8.28. The van der Waals surface area contributed by atoms with Crippen molar-refractivity contribution in [3.05, 3.63) is 11.4 Å². The second kappa shape index (κ2) is 4.71. The number of ether oxygens (including phenoxy) is 1. The molecule has 1 rings (SSSR count). The minimum atomic E-state index is -0.514. The minimum Gasteiger partial charge on any atom is -0.464 e. The number of H-pyrrole nitrogens is 1. The van der Waals surface area contributed by atoms with E-state index in [2.05, 4.69) is 20.1 Å². The van der Waals surface area contributed by atoms with E-state index in [1.54, 1.807) is 0 Å². The average Bonchev–Trinajstić information content (AvgIpc) is 2.65. The third-order valence-corrected chi connectivity index (χ3v) is 1.90. The number of carbonyl (C=O) groups is 1. The molecule has 0 saturated heterocycles. The molecular weight excluding hydrogens is 184 g/mol. The summed E-state index contributed by atoms with van der Waals surface area (Å²) in [5.41, 5.74) is 6.46. The zero-order valence-electron chi connectivity index (χ0n) is 8.28. The van der Waals surface area contributed by atoms with E-state index in [1.165, 1.54) is 7.11 Å². The van der Waals surface area contributed by atoms with Crippen LogP contribution < -0.4 is 5.73 Å². The Morgan fingerprint density at radius 3 is 2.93 bits per heavy atom. The highest BCUT2D eigenvalue weighted by molar-refractivity contribution is 5.88. The van der Waals surface area contributed by atoms with Crippen LogP contribution in [0.3, 0.4) is 0 Å². The molecule has 3 N–H and O–H groups in total. The molecule has 0 aliphatic carbocycles. The summed E-state index contributed by atoms with van der Waals surface area (Å²) in [4.78, 5) is 11.2. The molecule has 0 radical (unpaired) electrons. The maximum Gasteiger partial charge on any atom is 0.360 e. The van der Waals surface area contributed by atoms with Gasteiger partial charge in [-0.05, 0) is 6.42 Å². The number of rotatable bonds is 4. The molecule has 1 atom stereocenters. The highest BCUT2D eigenvalue weighted by atomic mass is 16.5. The normalized spacial score (nSPS) is 12.5. The number of nitrogens with two attached hydrogens (primary N) is 1. The Kier molecular flexibility index (Phi) is 3.58. The lowest BCUT2D eigenvalue weighted by atomic mass is 10.1. The molecule has 0 aliphatic heterocycles. The molecule has 0 bridgehead atoms. The Bertz CT molecular complexity index is 310. The third-order valence-electron chi connectivity index (χ3n) is 1.90. The van der Waals surface area contributed by atoms with Crippen molar-refractivity contribution in [2.75, 3.05) is 7.11 Å². The number of hydrogen-bond acceptors (Lipinski definition) is 5. The molecule has 1 aromatic heterocycles. The first-order valence-corrected chi connectivity index (χ1v) is 4.45. The van der Waals surface area contributed by atoms with E-state index >= 15 is 0 Å². The van der Waals surface area contributed by atoms with Crippen LogP contribution in [0.1, 0.15) is 42.0 Å². The van der Waals surface area contributed by atoms with Gasteiger partial charge >= 0.3 is 5.97 Å². The molecule has 0 aromatic carbocycles. The number of nitrogens with zero attached hydrogens (tertiary/aromatic N) is 2. The Hall–Kier alpha value is -1.43. The number of nitrogens with one attached hydrogen (secondary N) is 1. The van der Waals surface area contributed by atoms with Crippen LogP contribution in [0.15, 0.2) is 0 Å². The summed E-state index contributed by atoms with van der Waals surface area (Å²) in [5.74, 6) is -0.514. The molecule has 0 amide bonds. The van der Waals surface area contributed by atoms with Gasteiger partial charge < -0.3 is 10.5 Å². The standard InChI is InChI=1S/C8H14N4O2/c1-3-4-5(9)6-7(8(13)14-2)11-12-10-6/h5H,3-4,9H2,1-2H3,(H,10,11,12). The predicted molar refractivity (Wildman–Crippen MR) is 49.6 cm³/mol. The van der Waals surface area contributed by atoms with Crippen molar-refractivity contribution < 1.29 is 9.53 Å². The van der Waals surface area contributed by atoms with Crippen molar-refractivity contribution in [3.63, 3.8) is 0 Å². The molecule has 0 saturated carbocycles. The number of carbonyl (C=O) groups excluding carboxylic acids is 1. The summed E-state index contributed by atoms with van der Waals surface area (Å²) in [5, 5.41) is 9.91. The number of aromatic amines is 1. The lowest BCUT2D eigenvalue weighted by Gasteiger charge is -2.06. The summed E-state index contributed by atoms with van der Waals surface area (Å²) in [6, 6.07) is -0.271. The molecule has 78 valence electrons. The van der Waals surface area contributed by atoms with Crippen LogP contribution in [-0.2, 0) is 4.74 Å². The SMILES string of the molecule is CCCC(N)c1n[nH]nc1C(=O)OC. The molecular formula is C8H14N4O2. The summed E-state index contributed by atoms with van der Waals surface area (Å²) >= 11 is 0. The average molecular weight is 198 g/mol. The molecule has 1 aromatic rings. The second-order valence-electron chi connectivity index (χ2n) is 2.94. The van der Waals surface area contributed by atoms with Gasteiger partial charge in [-0.15, -0.1) is 5.10 Å². The van der Waals surface area contributed by atoms with Gasteiger partial charge in [-0.25, -0.2) is 4.79 Å². The van der Waals surface area contributed by atoms with E-state index in [0.717, 1.165) is 12.8 Å². The number of esters is 1. The van der Waals surface area contributed by atoms with E-state index < -0.39 is 5.97 Å². The van der Waals surface area contributed by atoms with Crippen molar-refractivity contribution in [3.8, 4) is 0 Å². The highest BCUT2D eigenvalue weighted by Gasteiger charge is 2.21. The second-order valence-corrected chi connectivity index (χ2v) is 2.94. The fourth-order valence-electron chi connectivity index (χ4n) is 1.19. The number of methoxy groups -OCH3 is 1. The van der Waals surface area contributed by atoms with Crippen molar-refractivity contribution in [1.29, 1.82) is 0 Å². The summed E-state index contributed by atoms with van der Waals surface area (Å²) in [7, 11) is 1.30. The van der Waals surface area contributed by atoms with Gasteiger partial charge in [-0.2, -0.15) is 10.3 Å². The topological polar surface area (TPSA) is 93.9 Å². The Balaban J connectivity index is 2.86. The van der Waals surface area contributed by atoms with Gasteiger partial charge in [0.25, 0.3) is 0 Å². The van der Waals surface area contributed by atoms with Crippen LogP contribution in [0.4, 0.5) is 0 Å². The first-order valence-electron chi connectivity index (χ1n) is 4.45. The predicted octanol–water partition coefficient (Wildman–Crippen LogP) is 0.391. The van der Waals surface area contributed by atoms with Crippen LogP contribution in [0, 0.1) is 0 Å². The summed E-state index contributed by atoms with van der Waals surface area (Å²) in [6.07, 6.45) is 1.69. The van der Waals surface area contributed by atoms with E-state index in [-0.39, 0.29) is 11.7 Å². The van der Waals surface area contributed by atoms with Crippen LogP contribution in [0.2, 0.25) is 0 Å². The van der Waals surface area contributed by atoms with Crippen molar-refractivity contribution >= 4 is 5.97 Å². The van der Waals surface area contributed by atoms with Crippen LogP contribution in [-0.4, -0.2) is 28.5 Å². The zero-order chi connectivity index (χ0) is 10.6. The van der Waals surface area contributed by atoms with Crippen molar-refractivity contribution in [2.24, 2.45) is 5.73 Å². The highest BCUT2D eigenvalue weighted by Crippen LogP contribution is 2.16. The molecule has 6 nitrogen and oxygen atoms in total. The van der Waals surface area contributed by atoms with Crippen LogP contribution >= 0.6 is 0 Å². The van der Waals surface area contributed by atoms with Crippen molar-refractivity contribution in [1.82, 2.24) is 15.4 Å². The van der Waals surface area contributed by atoms with Gasteiger partial charge in [0, 0.05) is 0 Å². The van der Waals surface area contributed by atoms with Crippen LogP contribution in [0.25, 0.3) is 0 Å². The van der Waals surface area contributed by atoms with E-state index in [9.17, 15) is 4.79 Å². The Morgan fingerprint density at radius 2 is 2.36 bits per heavy atom. The van der Waals surface area contributed by atoms with Gasteiger partial charge in [0.1, 0.15) is 5.69 Å². The van der Waals surface area contributed by atoms with Crippen LogP contribution in [0.5, 0.6) is 0 Å². The summed E-state index contributed by atoms with van der Waals surface area (Å²) < 4.78 is 4.55. The summed E-state index contributed by atoms with van der Waals surface area (Å²) in [6.45, 7) is 2.01. The lowest BCUT2D eigenvalue weighted by molar-refractivity contribution is 0.0592. The molecule has 0 aliphatic rings. The van der Waals surface area contributed by atoms with E-state index in [4.69, 9.17) is 5.73 Å². The maximum atomic E-state index is 11.2. The largest absolute Gasteiger partial charge is 0.464 e. The quantitative estimate of drug-likeness (QED) is 0.682. The molecule has 1 unspecified atom stereocenters. The van der Waals surface area contributed by atoms with E-state index in [1.807, 2.05) is 6.92 Å². The lowest BCUT2D eigenvalue weighted by Crippen LogP contribution is -2.15. The van der Waals surface area contributed by atoms with Gasteiger partial charge in [-0.1, -0.05) is 13.3 Å². The molecule has 6 heteroatoms. The maximum absolute atomic E-state index is 11.2. The van der Waals surface area contributed by atoms with Gasteiger partial charge in [0.05, 0.1) is 13.2 Å². The first-order chi connectivity index (χ1) is 6.70. The molecule has 14 heavy (non-hydrogen) atoms. The van der Waals surface area contributed by atoms with Crippen molar-refractivity contribution in [2.45, 2.75) is 25.8 Å². The Labute approximate surface area is 81.8 Å². The monoisotopic (exact) mass is 198 g/mol. The molecule has 1 heterocycles.